The molecule has 1 aromatic heterocycles. The van der Waals surface area contributed by atoms with Gasteiger partial charge in [-0.05, 0) is 25.0 Å². The smallest absolute Gasteiger partial charge is 0.127 e. The average molecular weight is 324 g/mol. The van der Waals surface area contributed by atoms with Crippen LogP contribution in [0.1, 0.15) is 23.9 Å². The van der Waals surface area contributed by atoms with Gasteiger partial charge in [-0.1, -0.05) is 17.7 Å². The number of nitrogens with one attached hydrogen (secondary N) is 1. The number of hydrogen-bond acceptors (Lipinski definition) is 3. The largest absolute Gasteiger partial charge is 0.380 e. The number of methoxy groups -OCH3 is 1. The SMILES string of the molecule is CO[C@@H]1CC(c2ncc[nH]2)N(CCc2c(F)cccc2Cl)C1. The highest BCUT2D eigenvalue weighted by molar-refractivity contribution is 6.31. The fourth-order valence-electron chi connectivity index (χ4n) is 3.05. The molecule has 1 saturated heterocycles. The van der Waals surface area contributed by atoms with Crippen LogP contribution in [0.5, 0.6) is 0 Å². The fraction of sp³-hybridized carbons (Fsp3) is 0.438. The first-order valence-corrected chi connectivity index (χ1v) is 7.76. The summed E-state index contributed by atoms with van der Waals surface area (Å²) < 4.78 is 19.4. The number of hydrogen-bond donors (Lipinski definition) is 1. The van der Waals surface area contributed by atoms with Crippen molar-refractivity contribution in [2.24, 2.45) is 0 Å². The molecule has 1 N–H and O–H groups in total. The zero-order chi connectivity index (χ0) is 15.5. The summed E-state index contributed by atoms with van der Waals surface area (Å²) in [5.41, 5.74) is 0.572. The third kappa shape index (κ3) is 3.16. The number of aromatic nitrogens is 2. The van der Waals surface area contributed by atoms with Crippen LogP contribution < -0.4 is 0 Å². The van der Waals surface area contributed by atoms with Gasteiger partial charge in [0.25, 0.3) is 0 Å². The predicted octanol–water partition coefficient (Wildman–Crippen LogP) is 3.21. The molecule has 2 aromatic rings. The highest BCUT2D eigenvalue weighted by Gasteiger charge is 2.34. The van der Waals surface area contributed by atoms with E-state index in [-0.39, 0.29) is 18.0 Å². The molecule has 1 aromatic carbocycles. The van der Waals surface area contributed by atoms with E-state index in [9.17, 15) is 4.39 Å². The summed E-state index contributed by atoms with van der Waals surface area (Å²) >= 11 is 6.11. The van der Waals surface area contributed by atoms with Gasteiger partial charge in [-0.15, -0.1) is 0 Å². The van der Waals surface area contributed by atoms with Crippen molar-refractivity contribution in [3.8, 4) is 0 Å². The zero-order valence-electron chi connectivity index (χ0n) is 12.4. The second-order valence-corrected chi connectivity index (χ2v) is 5.94. The van der Waals surface area contributed by atoms with Crippen LogP contribution in [0.3, 0.4) is 0 Å². The summed E-state index contributed by atoms with van der Waals surface area (Å²) in [4.78, 5) is 9.79. The van der Waals surface area contributed by atoms with E-state index in [4.69, 9.17) is 16.3 Å². The van der Waals surface area contributed by atoms with Crippen molar-refractivity contribution < 1.29 is 9.13 Å². The van der Waals surface area contributed by atoms with E-state index in [1.165, 1.54) is 6.07 Å². The predicted molar refractivity (Wildman–Crippen MR) is 83.4 cm³/mol. The maximum absolute atomic E-state index is 13.9. The second kappa shape index (κ2) is 6.77. The Labute approximate surface area is 134 Å². The van der Waals surface area contributed by atoms with E-state index in [0.717, 1.165) is 18.8 Å². The first-order valence-electron chi connectivity index (χ1n) is 7.38. The van der Waals surface area contributed by atoms with Crippen molar-refractivity contribution in [3.63, 3.8) is 0 Å². The molecule has 4 nitrogen and oxygen atoms in total. The summed E-state index contributed by atoms with van der Waals surface area (Å²) in [6, 6.07) is 4.98. The molecule has 3 rings (SSSR count). The minimum atomic E-state index is -0.246. The molecular formula is C16H19ClFN3O. The summed E-state index contributed by atoms with van der Waals surface area (Å²) in [7, 11) is 1.72. The minimum absolute atomic E-state index is 0.172. The lowest BCUT2D eigenvalue weighted by atomic mass is 10.1. The molecule has 22 heavy (non-hydrogen) atoms. The Kier molecular flexibility index (Phi) is 4.76. The molecule has 118 valence electrons. The van der Waals surface area contributed by atoms with Gasteiger partial charge >= 0.3 is 0 Å². The van der Waals surface area contributed by atoms with Gasteiger partial charge in [0.15, 0.2) is 0 Å². The van der Waals surface area contributed by atoms with Crippen molar-refractivity contribution in [1.29, 1.82) is 0 Å². The summed E-state index contributed by atoms with van der Waals surface area (Å²) in [5.74, 6) is 0.684. The number of imidazole rings is 1. The molecule has 2 heterocycles. The van der Waals surface area contributed by atoms with E-state index in [0.29, 0.717) is 23.6 Å². The van der Waals surface area contributed by atoms with Gasteiger partial charge < -0.3 is 9.72 Å². The first kappa shape index (κ1) is 15.5. The normalized spacial score (nSPS) is 22.3. The van der Waals surface area contributed by atoms with Crippen LogP contribution in [0.15, 0.2) is 30.6 Å². The van der Waals surface area contributed by atoms with Crippen LogP contribution in [-0.4, -0.2) is 41.2 Å². The molecule has 0 bridgehead atoms. The maximum atomic E-state index is 13.9. The van der Waals surface area contributed by atoms with Crippen molar-refractivity contribution in [2.45, 2.75) is 25.0 Å². The van der Waals surface area contributed by atoms with Crippen molar-refractivity contribution >= 4 is 11.6 Å². The number of H-pyrrole nitrogens is 1. The summed E-state index contributed by atoms with van der Waals surface area (Å²) in [5, 5.41) is 0.483. The average Bonchev–Trinajstić information content (AvgIpc) is 3.15. The van der Waals surface area contributed by atoms with Gasteiger partial charge in [0.2, 0.25) is 0 Å². The van der Waals surface area contributed by atoms with Gasteiger partial charge in [0.1, 0.15) is 11.6 Å². The molecule has 2 atom stereocenters. The number of nitrogens with zero attached hydrogens (tertiary/aromatic N) is 2. The van der Waals surface area contributed by atoms with E-state index in [1.807, 2.05) is 6.20 Å². The lowest BCUT2D eigenvalue weighted by Crippen LogP contribution is -2.28. The van der Waals surface area contributed by atoms with Crippen molar-refractivity contribution in [1.82, 2.24) is 14.9 Å². The number of ether oxygens (including phenoxy) is 1. The lowest BCUT2D eigenvalue weighted by molar-refractivity contribution is 0.108. The van der Waals surface area contributed by atoms with Crippen LogP contribution in [0.4, 0.5) is 4.39 Å². The molecular weight excluding hydrogens is 305 g/mol. The molecule has 1 fully saturated rings. The monoisotopic (exact) mass is 323 g/mol. The third-order valence-corrected chi connectivity index (χ3v) is 4.60. The lowest BCUT2D eigenvalue weighted by Gasteiger charge is -2.22. The second-order valence-electron chi connectivity index (χ2n) is 5.53. The van der Waals surface area contributed by atoms with Crippen molar-refractivity contribution in [2.75, 3.05) is 20.2 Å². The van der Waals surface area contributed by atoms with Crippen LogP contribution in [0, 0.1) is 5.82 Å². The standard InChI is InChI=1S/C16H19ClFN3O/c1-22-11-9-15(16-19-6-7-20-16)21(10-11)8-5-12-13(17)3-2-4-14(12)18/h2-4,6-7,11,15H,5,8-10H2,1H3,(H,19,20)/t11-,15?/m1/s1. The minimum Gasteiger partial charge on any atom is -0.380 e. The number of benzene rings is 1. The van der Waals surface area contributed by atoms with Gasteiger partial charge in [-0.2, -0.15) is 0 Å². The quantitative estimate of drug-likeness (QED) is 0.918. The molecule has 1 unspecified atom stereocenters. The van der Waals surface area contributed by atoms with E-state index in [1.54, 1.807) is 25.4 Å². The number of likely N-dealkylation sites (tertiary alicyclic amines) is 1. The third-order valence-electron chi connectivity index (χ3n) is 4.24. The van der Waals surface area contributed by atoms with Gasteiger partial charge in [0, 0.05) is 43.2 Å². The Morgan fingerprint density at radius 2 is 2.36 bits per heavy atom. The first-order chi connectivity index (χ1) is 10.7. The molecule has 1 aliphatic rings. The molecule has 0 spiro atoms. The van der Waals surface area contributed by atoms with Crippen LogP contribution in [-0.2, 0) is 11.2 Å². The zero-order valence-corrected chi connectivity index (χ0v) is 13.2. The van der Waals surface area contributed by atoms with E-state index in [2.05, 4.69) is 14.9 Å². The van der Waals surface area contributed by atoms with Gasteiger partial charge in [-0.3, -0.25) is 4.90 Å². The van der Waals surface area contributed by atoms with Gasteiger partial charge in [0.05, 0.1) is 12.1 Å². The number of rotatable bonds is 5. The molecule has 0 aliphatic carbocycles. The van der Waals surface area contributed by atoms with Gasteiger partial charge in [-0.25, -0.2) is 9.37 Å². The molecule has 0 radical (unpaired) electrons. The summed E-state index contributed by atoms with van der Waals surface area (Å²) in [6.45, 7) is 1.53. The highest BCUT2D eigenvalue weighted by Crippen LogP contribution is 2.32. The topological polar surface area (TPSA) is 41.1 Å². The van der Waals surface area contributed by atoms with Crippen molar-refractivity contribution in [3.05, 3.63) is 52.8 Å². The van der Waals surface area contributed by atoms with Crippen LogP contribution >= 0.6 is 11.6 Å². The molecule has 0 saturated carbocycles. The van der Waals surface area contributed by atoms with Crippen LogP contribution in [0.25, 0.3) is 0 Å². The molecule has 6 heteroatoms. The number of halogens is 2. The fourth-order valence-corrected chi connectivity index (χ4v) is 3.31. The maximum Gasteiger partial charge on any atom is 0.127 e. The molecule has 0 amide bonds. The Morgan fingerprint density at radius 1 is 1.50 bits per heavy atom. The molecule has 1 aliphatic heterocycles. The Balaban J connectivity index is 1.72. The van der Waals surface area contributed by atoms with E-state index >= 15 is 0 Å². The summed E-state index contributed by atoms with van der Waals surface area (Å²) in [6.07, 6.45) is 5.20. The highest BCUT2D eigenvalue weighted by atomic mass is 35.5. The Morgan fingerprint density at radius 3 is 3.05 bits per heavy atom. The Hall–Kier alpha value is -1.43. The van der Waals surface area contributed by atoms with E-state index < -0.39 is 0 Å². The van der Waals surface area contributed by atoms with Crippen LogP contribution in [0.2, 0.25) is 5.02 Å². The number of aromatic amines is 1. The Bertz CT molecular complexity index is 600.